The zero-order chi connectivity index (χ0) is 23.8. The first-order valence-corrected chi connectivity index (χ1v) is 13.3. The number of hydrogen-bond acceptors (Lipinski definition) is 5. The molecule has 1 aliphatic carbocycles. The van der Waals surface area contributed by atoms with E-state index in [4.69, 9.17) is 4.98 Å². The lowest BCUT2D eigenvalue weighted by molar-refractivity contribution is 0.102. The first-order valence-electron chi connectivity index (χ1n) is 11.5. The van der Waals surface area contributed by atoms with Crippen molar-refractivity contribution < 1.29 is 9.18 Å². The number of thioether (sulfide) groups is 1. The van der Waals surface area contributed by atoms with Crippen molar-refractivity contribution in [2.75, 3.05) is 5.75 Å². The van der Waals surface area contributed by atoms with Crippen molar-refractivity contribution in [3.05, 3.63) is 86.3 Å². The molecule has 0 aliphatic heterocycles. The molecule has 2 aromatic carbocycles. The lowest BCUT2D eigenvalue weighted by atomic mass is 9.89. The van der Waals surface area contributed by atoms with Crippen LogP contribution in [0.15, 0.2) is 58.5 Å². The number of benzene rings is 2. The molecule has 7 heteroatoms. The summed E-state index contributed by atoms with van der Waals surface area (Å²) in [6, 6.07) is 13.8. The van der Waals surface area contributed by atoms with Crippen LogP contribution in [0, 0.1) is 11.7 Å². The molecule has 2 aromatic heterocycles. The molecule has 0 saturated carbocycles. The van der Waals surface area contributed by atoms with Crippen molar-refractivity contribution in [1.29, 1.82) is 0 Å². The molecule has 5 rings (SSSR count). The molecule has 0 bridgehead atoms. The van der Waals surface area contributed by atoms with Gasteiger partial charge < -0.3 is 0 Å². The van der Waals surface area contributed by atoms with E-state index < -0.39 is 5.82 Å². The average Bonchev–Trinajstić information content (AvgIpc) is 3.21. The molecule has 1 unspecified atom stereocenters. The number of Topliss-reactive ketones (excluding diaryl/α,β-unsaturated/α-hetero) is 1. The third-order valence-electron chi connectivity index (χ3n) is 6.41. The maximum absolute atomic E-state index is 14.8. The molecular weight excluding hydrogens is 467 g/mol. The Hall–Kier alpha value is -2.77. The summed E-state index contributed by atoms with van der Waals surface area (Å²) in [6.07, 6.45) is 3.71. The van der Waals surface area contributed by atoms with E-state index in [0.717, 1.165) is 31.2 Å². The summed E-state index contributed by atoms with van der Waals surface area (Å²) in [5, 5.41) is 0.939. The number of carbonyl (C=O) groups is 1. The minimum atomic E-state index is -0.494. The fraction of sp³-hybridized carbons (Fsp3) is 0.296. The predicted molar refractivity (Wildman–Crippen MR) is 137 cm³/mol. The number of aryl methyl sites for hydroxylation is 2. The molecule has 1 aliphatic rings. The van der Waals surface area contributed by atoms with Crippen LogP contribution in [0.25, 0.3) is 15.9 Å². The van der Waals surface area contributed by atoms with Crippen molar-refractivity contribution in [2.24, 2.45) is 5.92 Å². The Bertz CT molecular complexity index is 1440. The van der Waals surface area contributed by atoms with Crippen LogP contribution in [0.5, 0.6) is 0 Å². The van der Waals surface area contributed by atoms with Gasteiger partial charge in [0.25, 0.3) is 5.56 Å². The van der Waals surface area contributed by atoms with E-state index >= 15 is 0 Å². The first kappa shape index (κ1) is 23.0. The molecule has 0 spiro atoms. The van der Waals surface area contributed by atoms with E-state index in [9.17, 15) is 14.0 Å². The van der Waals surface area contributed by atoms with Gasteiger partial charge >= 0.3 is 0 Å². The van der Waals surface area contributed by atoms with E-state index in [2.05, 4.69) is 13.8 Å². The van der Waals surface area contributed by atoms with Gasteiger partial charge in [-0.05, 0) is 54.9 Å². The largest absolute Gasteiger partial charge is 0.293 e. The number of rotatable bonds is 6. The number of para-hydroxylation sites is 1. The summed E-state index contributed by atoms with van der Waals surface area (Å²) in [7, 11) is 0. The second kappa shape index (κ2) is 9.47. The summed E-state index contributed by atoms with van der Waals surface area (Å²) in [5.74, 6) is 0.132. The number of aromatic nitrogens is 2. The molecule has 2 heterocycles. The highest BCUT2D eigenvalue weighted by atomic mass is 32.2. The van der Waals surface area contributed by atoms with Gasteiger partial charge in [-0.3, -0.25) is 14.2 Å². The number of fused-ring (bicyclic) bond motifs is 3. The molecule has 0 amide bonds. The quantitative estimate of drug-likeness (QED) is 0.181. The summed E-state index contributed by atoms with van der Waals surface area (Å²) >= 11 is 2.74. The van der Waals surface area contributed by atoms with E-state index in [1.807, 2.05) is 24.3 Å². The van der Waals surface area contributed by atoms with Gasteiger partial charge in [0.05, 0.1) is 16.8 Å². The van der Waals surface area contributed by atoms with Crippen molar-refractivity contribution in [2.45, 2.75) is 44.7 Å². The standard InChI is InChI=1S/C27H25FN2O2S2/c1-3-17-9-11-18(12-10-17)22(31)15-33-27-29-25-24(19-13-8-16(2)14-23(19)34-25)26(32)30(27)21-7-5-4-6-20(21)28/h4-7,9-12,16H,3,8,13-15H2,1-2H3. The van der Waals surface area contributed by atoms with Gasteiger partial charge in [-0.1, -0.05) is 62.0 Å². The highest BCUT2D eigenvalue weighted by Gasteiger charge is 2.26. The van der Waals surface area contributed by atoms with Gasteiger partial charge in [-0.15, -0.1) is 11.3 Å². The number of carbonyl (C=O) groups excluding carboxylic acids is 1. The lowest BCUT2D eigenvalue weighted by Gasteiger charge is -2.18. The summed E-state index contributed by atoms with van der Waals surface area (Å²) < 4.78 is 16.2. The van der Waals surface area contributed by atoms with E-state index in [0.29, 0.717) is 26.9 Å². The Morgan fingerprint density at radius 2 is 1.97 bits per heavy atom. The molecule has 0 saturated heterocycles. The minimum absolute atomic E-state index is 0.0543. The van der Waals surface area contributed by atoms with Crippen molar-refractivity contribution in [3.8, 4) is 5.69 Å². The summed E-state index contributed by atoms with van der Waals surface area (Å²) in [4.78, 5) is 33.3. The van der Waals surface area contributed by atoms with Crippen LogP contribution in [0.4, 0.5) is 4.39 Å². The Kier molecular flexibility index (Phi) is 6.40. The third kappa shape index (κ3) is 4.23. The number of hydrogen-bond donors (Lipinski definition) is 0. The number of halogens is 1. The van der Waals surface area contributed by atoms with Crippen LogP contribution >= 0.6 is 23.1 Å². The van der Waals surface area contributed by atoms with Crippen molar-refractivity contribution in [3.63, 3.8) is 0 Å². The zero-order valence-corrected chi connectivity index (χ0v) is 20.8. The molecular formula is C27H25FN2O2S2. The van der Waals surface area contributed by atoms with Gasteiger partial charge in [-0.25, -0.2) is 9.37 Å². The molecule has 4 aromatic rings. The number of ketones is 1. The lowest BCUT2D eigenvalue weighted by Crippen LogP contribution is -2.23. The Morgan fingerprint density at radius 1 is 1.21 bits per heavy atom. The molecule has 0 radical (unpaired) electrons. The maximum Gasteiger partial charge on any atom is 0.267 e. The van der Waals surface area contributed by atoms with Crippen LogP contribution in [0.2, 0.25) is 0 Å². The van der Waals surface area contributed by atoms with Gasteiger partial charge in [0.1, 0.15) is 10.6 Å². The first-order chi connectivity index (χ1) is 16.5. The topological polar surface area (TPSA) is 52.0 Å². The maximum atomic E-state index is 14.8. The summed E-state index contributed by atoms with van der Waals surface area (Å²) in [6.45, 7) is 4.29. The molecule has 0 fully saturated rings. The van der Waals surface area contributed by atoms with Gasteiger partial charge in [-0.2, -0.15) is 0 Å². The predicted octanol–water partition coefficient (Wildman–Crippen LogP) is 6.25. The van der Waals surface area contributed by atoms with Crippen LogP contribution in [-0.2, 0) is 19.3 Å². The molecule has 4 nitrogen and oxygen atoms in total. The highest BCUT2D eigenvalue weighted by Crippen LogP contribution is 2.37. The molecule has 0 N–H and O–H groups in total. The van der Waals surface area contributed by atoms with E-state index in [-0.39, 0.29) is 22.8 Å². The fourth-order valence-electron chi connectivity index (χ4n) is 4.45. The van der Waals surface area contributed by atoms with Crippen LogP contribution < -0.4 is 5.56 Å². The third-order valence-corrected chi connectivity index (χ3v) is 8.50. The summed E-state index contributed by atoms with van der Waals surface area (Å²) in [5.41, 5.74) is 2.74. The van der Waals surface area contributed by atoms with Crippen LogP contribution in [0.1, 0.15) is 46.6 Å². The highest BCUT2D eigenvalue weighted by molar-refractivity contribution is 7.99. The van der Waals surface area contributed by atoms with Gasteiger partial charge in [0, 0.05) is 10.4 Å². The van der Waals surface area contributed by atoms with Crippen LogP contribution in [-0.4, -0.2) is 21.1 Å². The fourth-order valence-corrected chi connectivity index (χ4v) is 6.78. The van der Waals surface area contributed by atoms with Crippen molar-refractivity contribution in [1.82, 2.24) is 9.55 Å². The minimum Gasteiger partial charge on any atom is -0.293 e. The number of nitrogens with zero attached hydrogens (tertiary/aromatic N) is 2. The SMILES string of the molecule is CCc1ccc(C(=O)CSc2nc3sc4c(c3c(=O)n2-c2ccccc2F)CCC(C)C4)cc1. The van der Waals surface area contributed by atoms with E-state index in [1.165, 1.54) is 32.8 Å². The molecule has 1 atom stereocenters. The van der Waals surface area contributed by atoms with Crippen molar-refractivity contribution >= 4 is 39.1 Å². The second-order valence-corrected chi connectivity index (χ2v) is 10.8. The van der Waals surface area contributed by atoms with Gasteiger partial charge in [0.15, 0.2) is 10.9 Å². The average molecular weight is 493 g/mol. The number of thiophene rings is 1. The normalized spacial score (nSPS) is 15.4. The smallest absolute Gasteiger partial charge is 0.267 e. The molecule has 34 heavy (non-hydrogen) atoms. The second-order valence-electron chi connectivity index (χ2n) is 8.78. The zero-order valence-electron chi connectivity index (χ0n) is 19.1. The Balaban J connectivity index is 1.58. The molecule has 174 valence electrons. The monoisotopic (exact) mass is 492 g/mol. The van der Waals surface area contributed by atoms with E-state index in [1.54, 1.807) is 29.5 Å². The Labute approximate surface area is 205 Å². The Morgan fingerprint density at radius 3 is 2.71 bits per heavy atom. The van der Waals surface area contributed by atoms with Crippen LogP contribution in [0.3, 0.4) is 0 Å². The van der Waals surface area contributed by atoms with Gasteiger partial charge in [0.2, 0.25) is 0 Å².